The van der Waals surface area contributed by atoms with Crippen molar-refractivity contribution in [3.63, 3.8) is 0 Å². The van der Waals surface area contributed by atoms with Gasteiger partial charge in [-0.05, 0) is 65.4 Å². The molecular weight excluding hydrogens is 578 g/mol. The van der Waals surface area contributed by atoms with Crippen molar-refractivity contribution in [1.29, 1.82) is 5.26 Å². The predicted octanol–water partition coefficient (Wildman–Crippen LogP) is 4.61. The Balaban J connectivity index is 1.63. The summed E-state index contributed by atoms with van der Waals surface area (Å²) in [6, 6.07) is 18.4. The van der Waals surface area contributed by atoms with Crippen molar-refractivity contribution in [2.75, 3.05) is 12.4 Å². The van der Waals surface area contributed by atoms with Gasteiger partial charge in [-0.2, -0.15) is 10.4 Å². The molecule has 0 spiro atoms. The summed E-state index contributed by atoms with van der Waals surface area (Å²) in [7, 11) is 1.50. The Labute approximate surface area is 221 Å². The number of nitriles is 1. The standard InChI is InChI=1S/C26H22FIN4O4/c1-16(25(33)31-22-10-6-5-9-20(22)27)26(34)32-30-14-17-11-21(28)24(23(12-17)35-2)36-15-19-8-4-3-7-18(19)13-29/h3-12,14,16H,15H2,1-2H3,(H,31,33)(H,32,34). The molecule has 0 bridgehead atoms. The van der Waals surface area contributed by atoms with Crippen LogP contribution in [0.3, 0.4) is 0 Å². The Morgan fingerprint density at radius 1 is 1.17 bits per heavy atom. The highest BCUT2D eigenvalue weighted by Crippen LogP contribution is 2.34. The summed E-state index contributed by atoms with van der Waals surface area (Å²) in [4.78, 5) is 24.6. The topological polar surface area (TPSA) is 113 Å². The second-order valence-electron chi connectivity index (χ2n) is 7.52. The molecule has 0 fully saturated rings. The maximum atomic E-state index is 13.7. The number of amides is 2. The summed E-state index contributed by atoms with van der Waals surface area (Å²) in [5, 5.41) is 15.6. The Hall–Kier alpha value is -3.98. The summed E-state index contributed by atoms with van der Waals surface area (Å²) >= 11 is 2.09. The molecule has 8 nitrogen and oxygen atoms in total. The third kappa shape index (κ3) is 6.79. The monoisotopic (exact) mass is 600 g/mol. The summed E-state index contributed by atoms with van der Waals surface area (Å²) in [6.45, 7) is 1.58. The van der Waals surface area contributed by atoms with Gasteiger partial charge in [0.2, 0.25) is 5.91 Å². The highest BCUT2D eigenvalue weighted by Gasteiger charge is 2.22. The molecule has 0 saturated heterocycles. The second-order valence-corrected chi connectivity index (χ2v) is 8.68. The molecule has 0 heterocycles. The van der Waals surface area contributed by atoms with Gasteiger partial charge in [0.25, 0.3) is 5.91 Å². The normalized spacial score (nSPS) is 11.4. The van der Waals surface area contributed by atoms with E-state index in [0.29, 0.717) is 22.6 Å². The van der Waals surface area contributed by atoms with Crippen LogP contribution in [0.15, 0.2) is 65.8 Å². The van der Waals surface area contributed by atoms with Crippen LogP contribution in [0.4, 0.5) is 10.1 Å². The third-order valence-corrected chi connectivity index (χ3v) is 5.87. The van der Waals surface area contributed by atoms with Crippen molar-refractivity contribution >= 4 is 46.3 Å². The Kier molecular flexibility index (Phi) is 9.35. The lowest BCUT2D eigenvalue weighted by Crippen LogP contribution is -2.34. The van der Waals surface area contributed by atoms with Crippen LogP contribution in [0, 0.1) is 26.6 Å². The molecule has 2 amide bonds. The number of methoxy groups -OCH3 is 1. The van der Waals surface area contributed by atoms with Crippen molar-refractivity contribution in [3.8, 4) is 17.6 Å². The zero-order valence-electron chi connectivity index (χ0n) is 19.4. The van der Waals surface area contributed by atoms with Crippen LogP contribution < -0.4 is 20.2 Å². The lowest BCUT2D eigenvalue weighted by atomic mass is 10.1. The number of para-hydroxylation sites is 1. The van der Waals surface area contributed by atoms with Crippen molar-refractivity contribution in [2.24, 2.45) is 11.0 Å². The van der Waals surface area contributed by atoms with Gasteiger partial charge in [-0.15, -0.1) is 0 Å². The number of carbonyl (C=O) groups is 2. The maximum absolute atomic E-state index is 13.7. The van der Waals surface area contributed by atoms with E-state index in [1.54, 1.807) is 30.3 Å². The molecule has 0 aromatic heterocycles. The number of halogens is 2. The second kappa shape index (κ2) is 12.6. The van der Waals surface area contributed by atoms with Crippen LogP contribution >= 0.6 is 22.6 Å². The first-order chi connectivity index (χ1) is 17.3. The summed E-state index contributed by atoms with van der Waals surface area (Å²) < 4.78 is 25.8. The zero-order chi connectivity index (χ0) is 26.1. The van der Waals surface area contributed by atoms with Gasteiger partial charge in [-0.25, -0.2) is 9.82 Å². The molecule has 0 radical (unpaired) electrons. The number of carbonyl (C=O) groups excluding carboxylic acids is 2. The number of ether oxygens (including phenoxy) is 2. The smallest absolute Gasteiger partial charge is 0.252 e. The van der Waals surface area contributed by atoms with E-state index in [1.165, 1.54) is 38.4 Å². The lowest BCUT2D eigenvalue weighted by molar-refractivity contribution is -0.131. The van der Waals surface area contributed by atoms with Crippen LogP contribution in [0.25, 0.3) is 0 Å². The number of nitrogens with zero attached hydrogens (tertiary/aromatic N) is 2. The zero-order valence-corrected chi connectivity index (χ0v) is 21.6. The maximum Gasteiger partial charge on any atom is 0.252 e. The van der Waals surface area contributed by atoms with Gasteiger partial charge in [0.05, 0.1) is 34.2 Å². The van der Waals surface area contributed by atoms with Crippen molar-refractivity contribution in [3.05, 3.63) is 86.7 Å². The van der Waals surface area contributed by atoms with Crippen molar-refractivity contribution in [1.82, 2.24) is 5.43 Å². The van der Waals surface area contributed by atoms with E-state index in [9.17, 15) is 19.2 Å². The molecule has 10 heteroatoms. The minimum Gasteiger partial charge on any atom is -0.493 e. The minimum atomic E-state index is -1.11. The summed E-state index contributed by atoms with van der Waals surface area (Å²) in [5.41, 5.74) is 4.20. The SMILES string of the molecule is COc1cc(C=NNC(=O)C(C)C(=O)Nc2ccccc2F)cc(I)c1OCc1ccccc1C#N. The number of hydrogen-bond acceptors (Lipinski definition) is 6. The third-order valence-electron chi connectivity index (χ3n) is 5.07. The number of benzene rings is 3. The van der Waals surface area contributed by atoms with Gasteiger partial charge < -0.3 is 14.8 Å². The molecule has 184 valence electrons. The fourth-order valence-corrected chi connectivity index (χ4v) is 3.83. The number of rotatable bonds is 9. The highest BCUT2D eigenvalue weighted by atomic mass is 127. The highest BCUT2D eigenvalue weighted by molar-refractivity contribution is 14.1. The first kappa shape index (κ1) is 26.6. The molecule has 0 saturated carbocycles. The molecule has 1 atom stereocenters. The summed E-state index contributed by atoms with van der Waals surface area (Å²) in [5.74, 6) is -2.07. The van der Waals surface area contributed by atoms with E-state index in [1.807, 2.05) is 12.1 Å². The molecule has 0 aliphatic carbocycles. The van der Waals surface area contributed by atoms with E-state index in [4.69, 9.17) is 9.47 Å². The van der Waals surface area contributed by atoms with Crippen molar-refractivity contribution in [2.45, 2.75) is 13.5 Å². The molecular formula is C26H22FIN4O4. The Morgan fingerprint density at radius 2 is 1.89 bits per heavy atom. The number of anilines is 1. The van der Waals surface area contributed by atoms with Crippen LogP contribution in [-0.4, -0.2) is 25.1 Å². The number of hydrogen-bond donors (Lipinski definition) is 2. The van der Waals surface area contributed by atoms with Gasteiger partial charge in [0.15, 0.2) is 11.5 Å². The van der Waals surface area contributed by atoms with Gasteiger partial charge in [0.1, 0.15) is 18.3 Å². The molecule has 3 aromatic carbocycles. The minimum absolute atomic E-state index is 0.00857. The molecule has 3 rings (SSSR count). The average molecular weight is 600 g/mol. The van der Waals surface area contributed by atoms with Crippen LogP contribution in [0.2, 0.25) is 0 Å². The van der Waals surface area contributed by atoms with Gasteiger partial charge in [-0.3, -0.25) is 9.59 Å². The van der Waals surface area contributed by atoms with Gasteiger partial charge in [0, 0.05) is 5.56 Å². The summed E-state index contributed by atoms with van der Waals surface area (Å²) in [6.07, 6.45) is 1.40. The van der Waals surface area contributed by atoms with E-state index in [0.717, 1.165) is 9.13 Å². The molecule has 0 aliphatic rings. The van der Waals surface area contributed by atoms with Gasteiger partial charge in [-0.1, -0.05) is 30.3 Å². The van der Waals surface area contributed by atoms with Crippen LogP contribution in [0.5, 0.6) is 11.5 Å². The lowest BCUT2D eigenvalue weighted by Gasteiger charge is -2.14. The van der Waals surface area contributed by atoms with E-state index < -0.39 is 23.5 Å². The van der Waals surface area contributed by atoms with Crippen LogP contribution in [0.1, 0.15) is 23.6 Å². The molecule has 1 unspecified atom stereocenters. The first-order valence-corrected chi connectivity index (χ1v) is 11.8. The van der Waals surface area contributed by atoms with Crippen molar-refractivity contribution < 1.29 is 23.5 Å². The first-order valence-electron chi connectivity index (χ1n) is 10.7. The predicted molar refractivity (Wildman–Crippen MR) is 141 cm³/mol. The fourth-order valence-electron chi connectivity index (χ4n) is 3.05. The average Bonchev–Trinajstić information content (AvgIpc) is 2.88. The Morgan fingerprint density at radius 3 is 2.61 bits per heavy atom. The van der Waals surface area contributed by atoms with Gasteiger partial charge >= 0.3 is 0 Å². The molecule has 2 N–H and O–H groups in total. The van der Waals surface area contributed by atoms with E-state index in [2.05, 4.69) is 44.5 Å². The molecule has 0 aliphatic heterocycles. The van der Waals surface area contributed by atoms with E-state index >= 15 is 0 Å². The molecule has 3 aromatic rings. The Bertz CT molecular complexity index is 1340. The fraction of sp³-hybridized carbons (Fsp3) is 0.154. The van der Waals surface area contributed by atoms with Crippen LogP contribution in [-0.2, 0) is 16.2 Å². The molecule has 36 heavy (non-hydrogen) atoms. The number of hydrazone groups is 1. The largest absolute Gasteiger partial charge is 0.493 e. The quantitative estimate of drug-likeness (QED) is 0.161. The number of nitrogens with one attached hydrogen (secondary N) is 2. The van der Waals surface area contributed by atoms with E-state index in [-0.39, 0.29) is 12.3 Å².